The molecular formula is C12H16BeO12+2. The SMILES string of the molecule is O=C1O[C@H]([C@@H](O)CO)C(O)=C1O.O=C1O[C@H]([C@@H](O)CO)C(O)=C1O.[Be+2]. The van der Waals surface area contributed by atoms with Crippen molar-refractivity contribution in [2.24, 2.45) is 0 Å². The fourth-order valence-corrected chi connectivity index (χ4v) is 1.65. The fraction of sp³-hybridized carbons (Fsp3) is 0.500. The smallest absolute Gasteiger partial charge is 0.505 e. The van der Waals surface area contributed by atoms with Gasteiger partial charge in [0.25, 0.3) is 0 Å². The van der Waals surface area contributed by atoms with Gasteiger partial charge in [0.2, 0.25) is 11.5 Å². The molecule has 0 aromatic carbocycles. The number of ether oxygens (including phenoxy) is 2. The van der Waals surface area contributed by atoms with Crippen LogP contribution in [0.2, 0.25) is 0 Å². The van der Waals surface area contributed by atoms with Crippen molar-refractivity contribution in [3.05, 3.63) is 23.0 Å². The Bertz CT molecular complexity index is 520. The summed E-state index contributed by atoms with van der Waals surface area (Å²) in [7, 11) is 0. The molecule has 4 atom stereocenters. The molecule has 136 valence electrons. The van der Waals surface area contributed by atoms with Crippen molar-refractivity contribution >= 4 is 22.1 Å². The van der Waals surface area contributed by atoms with E-state index >= 15 is 0 Å². The zero-order valence-corrected chi connectivity index (χ0v) is 12.6. The van der Waals surface area contributed by atoms with Crippen molar-refractivity contribution in [3.63, 3.8) is 0 Å². The number of carbonyl (C=O) groups excluding carboxylic acids is 2. The zero-order valence-electron chi connectivity index (χ0n) is 12.6. The first-order valence-corrected chi connectivity index (χ1v) is 6.39. The Morgan fingerprint density at radius 2 is 1.04 bits per heavy atom. The molecule has 0 radical (unpaired) electrons. The average molecular weight is 361 g/mol. The van der Waals surface area contributed by atoms with Crippen molar-refractivity contribution in [1.82, 2.24) is 0 Å². The molecule has 0 aromatic heterocycles. The number of cyclic esters (lactones) is 2. The number of hydrogen-bond donors (Lipinski definition) is 8. The van der Waals surface area contributed by atoms with E-state index in [-0.39, 0.29) is 10.1 Å². The van der Waals surface area contributed by atoms with E-state index in [0.717, 1.165) is 0 Å². The molecule has 2 rings (SSSR count). The van der Waals surface area contributed by atoms with Crippen molar-refractivity contribution in [3.8, 4) is 0 Å². The van der Waals surface area contributed by atoms with Gasteiger partial charge in [0.1, 0.15) is 12.2 Å². The Morgan fingerprint density at radius 3 is 1.20 bits per heavy atom. The summed E-state index contributed by atoms with van der Waals surface area (Å²) in [5, 5.41) is 70.1. The number of aliphatic hydroxyl groups excluding tert-OH is 8. The van der Waals surface area contributed by atoms with Gasteiger partial charge < -0.3 is 50.3 Å². The molecule has 13 heteroatoms. The van der Waals surface area contributed by atoms with Gasteiger partial charge in [-0.3, -0.25) is 0 Å². The van der Waals surface area contributed by atoms with E-state index in [1.54, 1.807) is 0 Å². The molecule has 12 nitrogen and oxygen atoms in total. The van der Waals surface area contributed by atoms with Gasteiger partial charge in [-0.25, -0.2) is 9.59 Å². The van der Waals surface area contributed by atoms with Crippen molar-refractivity contribution < 1.29 is 59.9 Å². The van der Waals surface area contributed by atoms with Crippen LogP contribution in [0.4, 0.5) is 0 Å². The van der Waals surface area contributed by atoms with Gasteiger partial charge in [-0.05, 0) is 0 Å². The van der Waals surface area contributed by atoms with Gasteiger partial charge in [-0.2, -0.15) is 0 Å². The van der Waals surface area contributed by atoms with Crippen molar-refractivity contribution in [1.29, 1.82) is 0 Å². The second-order valence-corrected chi connectivity index (χ2v) is 4.62. The minimum absolute atomic E-state index is 0. The molecule has 0 aromatic rings. The monoisotopic (exact) mass is 361 g/mol. The first-order valence-electron chi connectivity index (χ1n) is 6.39. The summed E-state index contributed by atoms with van der Waals surface area (Å²) in [5.41, 5.74) is 0. The van der Waals surface area contributed by atoms with Crippen molar-refractivity contribution in [2.75, 3.05) is 13.2 Å². The van der Waals surface area contributed by atoms with E-state index in [4.69, 9.17) is 40.9 Å². The molecule has 0 unspecified atom stereocenters. The van der Waals surface area contributed by atoms with Gasteiger partial charge in [0.15, 0.2) is 23.7 Å². The van der Waals surface area contributed by atoms with Crippen molar-refractivity contribution in [2.45, 2.75) is 24.4 Å². The first-order chi connectivity index (χ1) is 11.1. The molecule has 25 heavy (non-hydrogen) atoms. The molecule has 0 amide bonds. The molecule has 8 N–H and O–H groups in total. The molecule has 2 heterocycles. The van der Waals surface area contributed by atoms with Crippen LogP contribution in [0.15, 0.2) is 23.0 Å². The molecule has 0 aliphatic carbocycles. The second-order valence-electron chi connectivity index (χ2n) is 4.62. The van der Waals surface area contributed by atoms with Gasteiger partial charge in [-0.15, -0.1) is 0 Å². The van der Waals surface area contributed by atoms with Gasteiger partial charge in [0.05, 0.1) is 13.2 Å². The Labute approximate surface area is 143 Å². The third-order valence-corrected chi connectivity index (χ3v) is 2.95. The quantitative estimate of drug-likeness (QED) is 0.184. The van der Waals surface area contributed by atoms with Crippen LogP contribution in [0.3, 0.4) is 0 Å². The number of hydrogen-bond acceptors (Lipinski definition) is 12. The molecular weight excluding hydrogens is 345 g/mol. The van der Waals surface area contributed by atoms with Gasteiger partial charge in [0, 0.05) is 0 Å². The normalized spacial score (nSPS) is 24.8. The van der Waals surface area contributed by atoms with Gasteiger partial charge >= 0.3 is 22.1 Å². The van der Waals surface area contributed by atoms with E-state index in [9.17, 15) is 9.59 Å². The summed E-state index contributed by atoms with van der Waals surface area (Å²) < 4.78 is 8.63. The number of rotatable bonds is 4. The summed E-state index contributed by atoms with van der Waals surface area (Å²) in [6, 6.07) is 0. The van der Waals surface area contributed by atoms with Crippen LogP contribution < -0.4 is 0 Å². The topological polar surface area (TPSA) is 214 Å². The van der Waals surface area contributed by atoms with E-state index < -0.39 is 72.6 Å². The molecule has 0 saturated carbocycles. The molecule has 0 saturated heterocycles. The number of esters is 2. The Balaban J connectivity index is 0.000000443. The van der Waals surface area contributed by atoms with Crippen LogP contribution in [0.5, 0.6) is 0 Å². The standard InChI is InChI=1S/2C6H8O6.Be/c2*7-1-2(8)5-3(9)4(10)6(11)12-5;/h2*2,5,7-10H,1H2;/q;;+2/t2*2-,5+;/m00./s1. The number of carbonyl (C=O) groups is 2. The zero-order chi connectivity index (χ0) is 18.6. The largest absolute Gasteiger partial charge is 2.00 e. The third-order valence-electron chi connectivity index (χ3n) is 2.95. The Morgan fingerprint density at radius 1 is 0.760 bits per heavy atom. The third kappa shape index (κ3) is 4.81. The number of aliphatic hydroxyl groups is 8. The maximum atomic E-state index is 10.5. The molecule has 2 aliphatic rings. The summed E-state index contributed by atoms with van der Waals surface area (Å²) in [6.45, 7) is -1.34. The molecule has 0 fully saturated rings. The van der Waals surface area contributed by atoms with Gasteiger partial charge in [-0.1, -0.05) is 0 Å². The van der Waals surface area contributed by atoms with Crippen LogP contribution >= 0.6 is 0 Å². The average Bonchev–Trinajstić information content (AvgIpc) is 2.98. The van der Waals surface area contributed by atoms with Crippen LogP contribution in [0.25, 0.3) is 0 Å². The minimum Gasteiger partial charge on any atom is -0.505 e. The summed E-state index contributed by atoms with van der Waals surface area (Å²) in [5.74, 6) is -5.56. The van der Waals surface area contributed by atoms with Crippen LogP contribution in [0.1, 0.15) is 0 Å². The molecule has 0 bridgehead atoms. The van der Waals surface area contributed by atoms with E-state index in [2.05, 4.69) is 9.47 Å². The van der Waals surface area contributed by atoms with Crippen LogP contribution in [-0.2, 0) is 19.1 Å². The molecule has 2 aliphatic heterocycles. The van der Waals surface area contributed by atoms with Crippen LogP contribution in [0, 0.1) is 0 Å². The predicted molar refractivity (Wildman–Crippen MR) is 76.3 cm³/mol. The Hall–Kier alpha value is -2.37. The van der Waals surface area contributed by atoms with E-state index in [0.29, 0.717) is 0 Å². The maximum Gasteiger partial charge on any atom is 2.00 e. The van der Waals surface area contributed by atoms with E-state index in [1.165, 1.54) is 0 Å². The maximum absolute atomic E-state index is 10.5. The Kier molecular flexibility index (Phi) is 8.33. The second kappa shape index (κ2) is 9.20. The fourth-order valence-electron chi connectivity index (χ4n) is 1.65. The predicted octanol–water partition coefficient (Wildman–Crippen LogP) is -3.20. The first kappa shape index (κ1) is 22.6. The van der Waals surface area contributed by atoms with E-state index in [1.807, 2.05) is 0 Å². The summed E-state index contributed by atoms with van der Waals surface area (Å²) >= 11 is 0. The molecule has 0 spiro atoms. The minimum atomic E-state index is -1.42. The summed E-state index contributed by atoms with van der Waals surface area (Å²) in [6.07, 6.45) is -5.55. The van der Waals surface area contributed by atoms with Crippen LogP contribution in [-0.4, -0.2) is 101 Å². The summed E-state index contributed by atoms with van der Waals surface area (Å²) in [4.78, 5) is 21.1.